The summed E-state index contributed by atoms with van der Waals surface area (Å²) in [4.78, 5) is 4.92. The summed E-state index contributed by atoms with van der Waals surface area (Å²) < 4.78 is 5.25. The van der Waals surface area contributed by atoms with Crippen molar-refractivity contribution >= 4 is 0 Å². The smallest absolute Gasteiger partial charge is 0.136 e. The van der Waals surface area contributed by atoms with Gasteiger partial charge >= 0.3 is 0 Å². The molecule has 0 aliphatic carbocycles. The first-order chi connectivity index (χ1) is 9.26. The van der Waals surface area contributed by atoms with E-state index in [9.17, 15) is 0 Å². The average Bonchev–Trinajstić information content (AvgIpc) is 2.48. The van der Waals surface area contributed by atoms with E-state index in [-0.39, 0.29) is 0 Å². The van der Waals surface area contributed by atoms with Gasteiger partial charge < -0.3 is 9.64 Å². The summed E-state index contributed by atoms with van der Waals surface area (Å²) in [6.45, 7) is 8.78. The molecule has 1 aliphatic rings. The molecule has 1 saturated heterocycles. The standard InChI is InChI=1S/C15H21N3O/c1-3-17-6-8-18(9-7-17)12-13-4-5-14(11-16)15(10-13)19-2/h4-5,10H,3,6-9,12H2,1-2H3. The van der Waals surface area contributed by atoms with Crippen LogP contribution < -0.4 is 4.74 Å². The molecular weight excluding hydrogens is 238 g/mol. The maximum Gasteiger partial charge on any atom is 0.136 e. The van der Waals surface area contributed by atoms with E-state index in [1.54, 1.807) is 7.11 Å². The van der Waals surface area contributed by atoms with Crippen LogP contribution in [-0.2, 0) is 6.54 Å². The lowest BCUT2D eigenvalue weighted by molar-refractivity contribution is 0.132. The Hall–Kier alpha value is -1.57. The van der Waals surface area contributed by atoms with Crippen LogP contribution in [0.1, 0.15) is 18.1 Å². The maximum absolute atomic E-state index is 8.97. The van der Waals surface area contributed by atoms with Gasteiger partial charge in [-0.25, -0.2) is 0 Å². The highest BCUT2D eigenvalue weighted by atomic mass is 16.5. The molecule has 2 rings (SSSR count). The van der Waals surface area contributed by atoms with Gasteiger partial charge in [0.2, 0.25) is 0 Å². The fourth-order valence-corrected chi connectivity index (χ4v) is 2.45. The minimum Gasteiger partial charge on any atom is -0.495 e. The molecule has 1 aromatic rings. The van der Waals surface area contributed by atoms with Crippen LogP contribution in [0.15, 0.2) is 18.2 Å². The molecule has 1 fully saturated rings. The second kappa shape index (κ2) is 6.55. The van der Waals surface area contributed by atoms with Crippen molar-refractivity contribution in [1.29, 1.82) is 5.26 Å². The van der Waals surface area contributed by atoms with E-state index >= 15 is 0 Å². The van der Waals surface area contributed by atoms with Gasteiger partial charge in [-0.05, 0) is 24.2 Å². The predicted octanol–water partition coefficient (Wildman–Crippen LogP) is 1.70. The number of likely N-dealkylation sites (N-methyl/N-ethyl adjacent to an activating group) is 1. The van der Waals surface area contributed by atoms with Gasteiger partial charge in [-0.2, -0.15) is 5.26 Å². The quantitative estimate of drug-likeness (QED) is 0.825. The molecule has 4 heteroatoms. The normalized spacial score (nSPS) is 17.1. The first-order valence-corrected chi connectivity index (χ1v) is 6.78. The number of rotatable bonds is 4. The molecule has 0 radical (unpaired) electrons. The average molecular weight is 259 g/mol. The van der Waals surface area contributed by atoms with Crippen molar-refractivity contribution in [3.05, 3.63) is 29.3 Å². The van der Waals surface area contributed by atoms with Gasteiger partial charge in [-0.1, -0.05) is 13.0 Å². The van der Waals surface area contributed by atoms with Crippen LogP contribution in [0.5, 0.6) is 5.75 Å². The molecule has 0 unspecified atom stereocenters. The van der Waals surface area contributed by atoms with Gasteiger partial charge in [0.25, 0.3) is 0 Å². The monoisotopic (exact) mass is 259 g/mol. The van der Waals surface area contributed by atoms with Gasteiger partial charge in [-0.15, -0.1) is 0 Å². The van der Waals surface area contributed by atoms with Gasteiger partial charge in [0, 0.05) is 32.7 Å². The van der Waals surface area contributed by atoms with Crippen LogP contribution in [0, 0.1) is 11.3 Å². The van der Waals surface area contributed by atoms with Crippen molar-refractivity contribution in [2.24, 2.45) is 0 Å². The van der Waals surface area contributed by atoms with E-state index in [1.807, 2.05) is 18.2 Å². The van der Waals surface area contributed by atoms with E-state index in [1.165, 1.54) is 5.56 Å². The van der Waals surface area contributed by atoms with Crippen LogP contribution in [0.25, 0.3) is 0 Å². The number of hydrogen-bond donors (Lipinski definition) is 0. The molecule has 1 heterocycles. The predicted molar refractivity (Wildman–Crippen MR) is 75.1 cm³/mol. The Balaban J connectivity index is 1.98. The Morgan fingerprint density at radius 2 is 1.89 bits per heavy atom. The van der Waals surface area contributed by atoms with Gasteiger partial charge in [0.1, 0.15) is 11.8 Å². The van der Waals surface area contributed by atoms with Gasteiger partial charge in [-0.3, -0.25) is 4.90 Å². The van der Waals surface area contributed by atoms with Crippen LogP contribution >= 0.6 is 0 Å². The SMILES string of the molecule is CCN1CCN(Cc2ccc(C#N)c(OC)c2)CC1. The summed E-state index contributed by atoms with van der Waals surface area (Å²) in [6.07, 6.45) is 0. The Bertz CT molecular complexity index is 459. The summed E-state index contributed by atoms with van der Waals surface area (Å²) in [5.74, 6) is 0.673. The second-order valence-electron chi connectivity index (χ2n) is 4.86. The molecule has 0 spiro atoms. The molecule has 1 aliphatic heterocycles. The van der Waals surface area contributed by atoms with Crippen LogP contribution in [-0.4, -0.2) is 49.6 Å². The highest BCUT2D eigenvalue weighted by molar-refractivity contribution is 5.45. The van der Waals surface area contributed by atoms with Crippen LogP contribution in [0.4, 0.5) is 0 Å². The van der Waals surface area contributed by atoms with E-state index in [2.05, 4.69) is 22.8 Å². The number of methoxy groups -OCH3 is 1. The topological polar surface area (TPSA) is 39.5 Å². The molecule has 0 saturated carbocycles. The maximum atomic E-state index is 8.97. The molecule has 0 atom stereocenters. The summed E-state index contributed by atoms with van der Waals surface area (Å²) in [7, 11) is 1.61. The molecule has 1 aromatic carbocycles. The minimum atomic E-state index is 0.599. The third kappa shape index (κ3) is 3.46. The lowest BCUT2D eigenvalue weighted by atomic mass is 10.1. The zero-order chi connectivity index (χ0) is 13.7. The Kier molecular flexibility index (Phi) is 4.78. The molecule has 0 aromatic heterocycles. The molecule has 102 valence electrons. The number of hydrogen-bond acceptors (Lipinski definition) is 4. The Morgan fingerprint density at radius 1 is 1.21 bits per heavy atom. The van der Waals surface area contributed by atoms with E-state index in [0.29, 0.717) is 11.3 Å². The van der Waals surface area contributed by atoms with Gasteiger partial charge in [0.05, 0.1) is 12.7 Å². The van der Waals surface area contributed by atoms with Crippen molar-refractivity contribution in [2.45, 2.75) is 13.5 Å². The minimum absolute atomic E-state index is 0.599. The van der Waals surface area contributed by atoms with E-state index in [0.717, 1.165) is 39.3 Å². The Labute approximate surface area is 115 Å². The summed E-state index contributed by atoms with van der Waals surface area (Å²) in [5, 5.41) is 8.97. The summed E-state index contributed by atoms with van der Waals surface area (Å²) in [5.41, 5.74) is 1.81. The molecule has 0 amide bonds. The lowest BCUT2D eigenvalue weighted by Gasteiger charge is -2.34. The second-order valence-corrected chi connectivity index (χ2v) is 4.86. The third-order valence-corrected chi connectivity index (χ3v) is 3.70. The highest BCUT2D eigenvalue weighted by Gasteiger charge is 2.16. The third-order valence-electron chi connectivity index (χ3n) is 3.70. The zero-order valence-electron chi connectivity index (χ0n) is 11.7. The number of piperazine rings is 1. The van der Waals surface area contributed by atoms with Crippen molar-refractivity contribution in [3.63, 3.8) is 0 Å². The number of nitrogens with zero attached hydrogens (tertiary/aromatic N) is 3. The van der Waals surface area contributed by atoms with E-state index in [4.69, 9.17) is 10.00 Å². The molecule has 0 bridgehead atoms. The van der Waals surface area contributed by atoms with Crippen molar-refractivity contribution in [2.75, 3.05) is 39.8 Å². The van der Waals surface area contributed by atoms with Crippen molar-refractivity contribution in [3.8, 4) is 11.8 Å². The lowest BCUT2D eigenvalue weighted by Crippen LogP contribution is -2.45. The van der Waals surface area contributed by atoms with Crippen LogP contribution in [0.2, 0.25) is 0 Å². The first kappa shape index (κ1) is 13.9. The van der Waals surface area contributed by atoms with E-state index < -0.39 is 0 Å². The molecular formula is C15H21N3O. The summed E-state index contributed by atoms with van der Waals surface area (Å²) >= 11 is 0. The first-order valence-electron chi connectivity index (χ1n) is 6.78. The van der Waals surface area contributed by atoms with Crippen molar-refractivity contribution < 1.29 is 4.74 Å². The fourth-order valence-electron chi connectivity index (χ4n) is 2.45. The molecule has 0 N–H and O–H groups in total. The molecule has 19 heavy (non-hydrogen) atoms. The summed E-state index contributed by atoms with van der Waals surface area (Å²) in [6, 6.07) is 7.99. The fraction of sp³-hybridized carbons (Fsp3) is 0.533. The number of ether oxygens (including phenoxy) is 1. The molecule has 4 nitrogen and oxygen atoms in total. The number of benzene rings is 1. The Morgan fingerprint density at radius 3 is 2.47 bits per heavy atom. The van der Waals surface area contributed by atoms with Gasteiger partial charge in [0.15, 0.2) is 0 Å². The largest absolute Gasteiger partial charge is 0.495 e. The zero-order valence-corrected chi connectivity index (χ0v) is 11.7. The van der Waals surface area contributed by atoms with Crippen LogP contribution in [0.3, 0.4) is 0 Å². The highest BCUT2D eigenvalue weighted by Crippen LogP contribution is 2.20. The number of nitriles is 1. The van der Waals surface area contributed by atoms with Crippen molar-refractivity contribution in [1.82, 2.24) is 9.80 Å².